The quantitative estimate of drug-likeness (QED) is 0.764. The zero-order chi connectivity index (χ0) is 18.4. The second kappa shape index (κ2) is 6.02. The maximum Gasteiger partial charge on any atom is 0.267 e. The summed E-state index contributed by atoms with van der Waals surface area (Å²) in [5, 5.41) is 14.0. The van der Waals surface area contributed by atoms with Gasteiger partial charge in [0.25, 0.3) is 11.5 Å². The largest absolute Gasteiger partial charge is 0.506 e. The van der Waals surface area contributed by atoms with Gasteiger partial charge in [0.05, 0.1) is 5.52 Å². The lowest BCUT2D eigenvalue weighted by Crippen LogP contribution is -2.33. The number of benzene rings is 2. The van der Waals surface area contributed by atoms with E-state index in [9.17, 15) is 14.7 Å². The summed E-state index contributed by atoms with van der Waals surface area (Å²) in [5.41, 5.74) is 3.17. The van der Waals surface area contributed by atoms with Gasteiger partial charge in [-0.05, 0) is 43.0 Å². The minimum atomic E-state index is -0.550. The summed E-state index contributed by atoms with van der Waals surface area (Å²) < 4.78 is 1.63. The van der Waals surface area contributed by atoms with Crippen LogP contribution >= 0.6 is 0 Å². The van der Waals surface area contributed by atoms with Crippen LogP contribution in [0.4, 0.5) is 0 Å². The topological polar surface area (TPSA) is 71.3 Å². The molecule has 2 aromatic carbocycles. The van der Waals surface area contributed by atoms with E-state index in [1.54, 1.807) is 10.6 Å². The van der Waals surface area contributed by atoms with Crippen LogP contribution in [0.1, 0.15) is 40.0 Å². The van der Waals surface area contributed by atoms with Gasteiger partial charge in [-0.25, -0.2) is 0 Å². The molecule has 5 heteroatoms. The minimum Gasteiger partial charge on any atom is -0.506 e. The molecule has 1 aliphatic rings. The predicted octanol–water partition coefficient (Wildman–Crippen LogP) is 3.06. The third-order valence-corrected chi connectivity index (χ3v) is 5.17. The number of hydrogen-bond donors (Lipinski definition) is 2. The fourth-order valence-electron chi connectivity index (χ4n) is 3.80. The lowest BCUT2D eigenvalue weighted by atomic mass is 10.1. The van der Waals surface area contributed by atoms with Crippen molar-refractivity contribution >= 4 is 16.8 Å². The van der Waals surface area contributed by atoms with E-state index < -0.39 is 11.5 Å². The van der Waals surface area contributed by atoms with Gasteiger partial charge in [-0.2, -0.15) is 0 Å². The van der Waals surface area contributed by atoms with Crippen molar-refractivity contribution in [2.24, 2.45) is 0 Å². The minimum absolute atomic E-state index is 0.0362. The van der Waals surface area contributed by atoms with Crippen LogP contribution in [-0.4, -0.2) is 15.6 Å². The van der Waals surface area contributed by atoms with Gasteiger partial charge < -0.3 is 15.0 Å². The van der Waals surface area contributed by atoms with Gasteiger partial charge >= 0.3 is 0 Å². The highest BCUT2D eigenvalue weighted by Gasteiger charge is 2.29. The second-order valence-corrected chi connectivity index (χ2v) is 6.87. The van der Waals surface area contributed by atoms with Crippen LogP contribution in [0.15, 0.2) is 47.3 Å². The smallest absolute Gasteiger partial charge is 0.267 e. The molecule has 3 aromatic rings. The highest BCUT2D eigenvalue weighted by Crippen LogP contribution is 2.35. The van der Waals surface area contributed by atoms with Crippen molar-refractivity contribution in [1.82, 2.24) is 9.88 Å². The van der Waals surface area contributed by atoms with E-state index in [0.717, 1.165) is 28.6 Å². The fraction of sp³-hybridized carbons (Fsp3) is 0.238. The van der Waals surface area contributed by atoms with Crippen LogP contribution in [0.5, 0.6) is 5.75 Å². The van der Waals surface area contributed by atoms with Crippen LogP contribution in [0.25, 0.3) is 10.9 Å². The van der Waals surface area contributed by atoms with Gasteiger partial charge in [-0.3, -0.25) is 9.59 Å². The highest BCUT2D eigenvalue weighted by atomic mass is 16.3. The van der Waals surface area contributed by atoms with Crippen molar-refractivity contribution in [3.63, 3.8) is 0 Å². The molecular formula is C21H20N2O3. The van der Waals surface area contributed by atoms with Gasteiger partial charge in [0.1, 0.15) is 11.3 Å². The molecule has 0 unspecified atom stereocenters. The van der Waals surface area contributed by atoms with Crippen molar-refractivity contribution in [3.8, 4) is 5.75 Å². The van der Waals surface area contributed by atoms with Crippen LogP contribution in [0, 0.1) is 6.92 Å². The lowest BCUT2D eigenvalue weighted by Gasteiger charge is -2.14. The van der Waals surface area contributed by atoms with Gasteiger partial charge in [-0.1, -0.05) is 36.4 Å². The summed E-state index contributed by atoms with van der Waals surface area (Å²) in [6.07, 6.45) is 0.723. The number of amides is 1. The van der Waals surface area contributed by atoms with Crippen molar-refractivity contribution in [3.05, 3.63) is 75.1 Å². The van der Waals surface area contributed by atoms with E-state index in [0.29, 0.717) is 11.9 Å². The first-order valence-electron chi connectivity index (χ1n) is 8.70. The number of nitrogens with zero attached hydrogens (tertiary/aromatic N) is 1. The molecule has 2 N–H and O–H groups in total. The zero-order valence-electron chi connectivity index (χ0n) is 14.7. The number of aromatic nitrogens is 1. The van der Waals surface area contributed by atoms with Crippen LogP contribution < -0.4 is 10.9 Å². The van der Waals surface area contributed by atoms with Crippen LogP contribution in [0.3, 0.4) is 0 Å². The van der Waals surface area contributed by atoms with Crippen molar-refractivity contribution < 1.29 is 9.90 Å². The van der Waals surface area contributed by atoms with Gasteiger partial charge in [0, 0.05) is 18.0 Å². The van der Waals surface area contributed by atoms with Crippen molar-refractivity contribution in [1.29, 1.82) is 0 Å². The molecule has 0 aliphatic carbocycles. The number of carbonyl (C=O) groups excluding carboxylic acids is 1. The Morgan fingerprint density at radius 3 is 2.77 bits per heavy atom. The van der Waals surface area contributed by atoms with Crippen LogP contribution in [0.2, 0.25) is 0 Å². The van der Waals surface area contributed by atoms with E-state index >= 15 is 0 Å². The Kier molecular flexibility index (Phi) is 3.80. The molecule has 1 atom stereocenters. The molecular weight excluding hydrogens is 328 g/mol. The summed E-state index contributed by atoms with van der Waals surface area (Å²) in [4.78, 5) is 25.7. The summed E-state index contributed by atoms with van der Waals surface area (Å²) in [6, 6.07) is 13.2. The predicted molar refractivity (Wildman–Crippen MR) is 101 cm³/mol. The molecule has 1 aliphatic heterocycles. The fourth-order valence-corrected chi connectivity index (χ4v) is 3.80. The molecule has 1 aromatic heterocycles. The molecule has 0 saturated heterocycles. The van der Waals surface area contributed by atoms with E-state index in [-0.39, 0.29) is 17.4 Å². The summed E-state index contributed by atoms with van der Waals surface area (Å²) >= 11 is 0. The molecule has 4 rings (SSSR count). The van der Waals surface area contributed by atoms with E-state index in [1.807, 2.05) is 50.2 Å². The number of hydrogen-bond acceptors (Lipinski definition) is 3. The molecule has 0 radical (unpaired) electrons. The number of carbonyl (C=O) groups is 1. The molecule has 2 heterocycles. The average molecular weight is 348 g/mol. The number of pyridine rings is 1. The molecule has 0 spiro atoms. The van der Waals surface area contributed by atoms with Gasteiger partial charge in [0.15, 0.2) is 0 Å². The summed E-state index contributed by atoms with van der Waals surface area (Å²) in [6.45, 7) is 4.22. The van der Waals surface area contributed by atoms with Crippen molar-refractivity contribution in [2.45, 2.75) is 32.9 Å². The average Bonchev–Trinajstić information content (AvgIpc) is 2.96. The number of para-hydroxylation sites is 1. The third-order valence-electron chi connectivity index (χ3n) is 5.17. The molecule has 5 nitrogen and oxygen atoms in total. The first-order valence-corrected chi connectivity index (χ1v) is 8.70. The van der Waals surface area contributed by atoms with E-state index in [1.165, 1.54) is 0 Å². The second-order valence-electron chi connectivity index (χ2n) is 6.87. The Bertz CT molecular complexity index is 1100. The Labute approximate surface area is 150 Å². The monoisotopic (exact) mass is 348 g/mol. The number of nitrogens with one attached hydrogen (secondary N) is 1. The summed E-state index contributed by atoms with van der Waals surface area (Å²) in [7, 11) is 0. The number of rotatable bonds is 3. The van der Waals surface area contributed by atoms with E-state index in [4.69, 9.17) is 0 Å². The normalized spacial score (nSPS) is 15.4. The molecule has 1 amide bonds. The van der Waals surface area contributed by atoms with Crippen molar-refractivity contribution in [2.75, 3.05) is 0 Å². The van der Waals surface area contributed by atoms with Crippen LogP contribution in [-0.2, 0) is 13.0 Å². The zero-order valence-corrected chi connectivity index (χ0v) is 14.7. The molecule has 0 saturated carbocycles. The Balaban J connectivity index is 1.77. The number of aryl methyl sites for hydroxylation is 1. The summed E-state index contributed by atoms with van der Waals surface area (Å²) in [5.74, 6) is -0.787. The Morgan fingerprint density at radius 2 is 2.00 bits per heavy atom. The lowest BCUT2D eigenvalue weighted by molar-refractivity contribution is 0.0946. The first kappa shape index (κ1) is 16.4. The Morgan fingerprint density at radius 1 is 1.23 bits per heavy atom. The third kappa shape index (κ3) is 2.39. The Hall–Kier alpha value is -3.08. The molecule has 132 valence electrons. The molecule has 26 heavy (non-hydrogen) atoms. The van der Waals surface area contributed by atoms with Gasteiger partial charge in [0.2, 0.25) is 0 Å². The molecule has 0 fully saturated rings. The first-order chi connectivity index (χ1) is 12.5. The van der Waals surface area contributed by atoms with Gasteiger partial charge in [-0.15, -0.1) is 0 Å². The maximum atomic E-state index is 12.9. The SMILES string of the molecule is Cc1ccccc1CNC(=O)c1c(O)c2cccc3c2n(c1=O)[C@H](C)C3. The number of aromatic hydroxyl groups is 1. The van der Waals surface area contributed by atoms with E-state index in [2.05, 4.69) is 5.32 Å². The highest BCUT2D eigenvalue weighted by molar-refractivity contribution is 6.03. The maximum absolute atomic E-state index is 12.9. The molecule has 0 bridgehead atoms. The standard InChI is InChI=1S/C21H20N2O3/c1-12-6-3-4-7-15(12)11-22-20(25)17-19(24)16-9-5-8-14-10-13(2)23(18(14)16)21(17)26/h3-9,13,24H,10-11H2,1-2H3,(H,22,25)/t13-/m1/s1.